The fraction of sp³-hybridized carbons (Fsp3) is 0.588. The number of nitrogens with one attached hydrogen (secondary N) is 1. The third kappa shape index (κ3) is 4.15. The Kier molecular flexibility index (Phi) is 5.64. The van der Waals surface area contributed by atoms with Crippen molar-refractivity contribution in [1.29, 1.82) is 0 Å². The zero-order valence-corrected chi connectivity index (χ0v) is 14.9. The van der Waals surface area contributed by atoms with E-state index in [1.165, 1.54) is 0 Å². The molecule has 0 bridgehead atoms. The van der Waals surface area contributed by atoms with Crippen LogP contribution in [0.2, 0.25) is 0 Å². The molecule has 24 heavy (non-hydrogen) atoms. The number of rotatable bonds is 3. The van der Waals surface area contributed by atoms with Gasteiger partial charge in [-0.1, -0.05) is 6.92 Å². The number of pyridine rings is 1. The molecular weight excluding hydrogens is 308 g/mol. The molecule has 2 atom stereocenters. The van der Waals surface area contributed by atoms with Gasteiger partial charge in [0.05, 0.1) is 6.54 Å². The highest BCUT2D eigenvalue weighted by Gasteiger charge is 2.31. The fourth-order valence-electron chi connectivity index (χ4n) is 2.67. The highest BCUT2D eigenvalue weighted by molar-refractivity contribution is 5.96. The Morgan fingerprint density at radius 1 is 1.54 bits per heavy atom. The minimum absolute atomic E-state index is 0.0587. The van der Waals surface area contributed by atoms with Crippen molar-refractivity contribution in [1.82, 2.24) is 20.1 Å². The summed E-state index contributed by atoms with van der Waals surface area (Å²) in [5.41, 5.74) is 0.450. The first-order chi connectivity index (χ1) is 11.3. The second-order valence-corrected chi connectivity index (χ2v) is 6.66. The monoisotopic (exact) mass is 334 g/mol. The molecule has 0 saturated heterocycles. The molecular formula is C17H26N4O3. The first kappa shape index (κ1) is 18.0. The molecule has 0 saturated carbocycles. The van der Waals surface area contributed by atoms with E-state index in [0.717, 1.165) is 0 Å². The van der Waals surface area contributed by atoms with Crippen LogP contribution in [0.4, 0.5) is 4.79 Å². The second kappa shape index (κ2) is 7.51. The van der Waals surface area contributed by atoms with Gasteiger partial charge in [0.1, 0.15) is 11.7 Å². The van der Waals surface area contributed by atoms with E-state index < -0.39 is 0 Å². The third-order valence-electron chi connectivity index (χ3n) is 4.02. The SMILES string of the molecule is CC(C)NC(=O)N(C)C[C@@H]1Oc2ncccc2C(=O)N(C)C[C@@H]1C. The molecule has 2 heterocycles. The minimum atomic E-state index is -0.253. The lowest BCUT2D eigenvalue weighted by Gasteiger charge is -2.34. The number of ether oxygens (including phenoxy) is 1. The average Bonchev–Trinajstić information content (AvgIpc) is 2.52. The van der Waals surface area contributed by atoms with Crippen molar-refractivity contribution < 1.29 is 14.3 Å². The van der Waals surface area contributed by atoms with Crippen molar-refractivity contribution in [2.45, 2.75) is 32.9 Å². The van der Waals surface area contributed by atoms with E-state index in [1.807, 2.05) is 20.8 Å². The maximum absolute atomic E-state index is 12.4. The molecule has 0 radical (unpaired) electrons. The number of carbonyl (C=O) groups excluding carboxylic acids is 2. The number of carbonyl (C=O) groups is 2. The predicted octanol–water partition coefficient (Wildman–Crippen LogP) is 1.60. The average molecular weight is 334 g/mol. The van der Waals surface area contributed by atoms with Crippen LogP contribution in [0.15, 0.2) is 18.3 Å². The lowest BCUT2D eigenvalue weighted by molar-refractivity contribution is 0.0558. The van der Waals surface area contributed by atoms with E-state index in [4.69, 9.17) is 4.74 Å². The zero-order chi connectivity index (χ0) is 17.9. The molecule has 0 spiro atoms. The number of amides is 3. The van der Waals surface area contributed by atoms with Gasteiger partial charge in [0.25, 0.3) is 5.91 Å². The van der Waals surface area contributed by atoms with Crippen LogP contribution >= 0.6 is 0 Å². The van der Waals surface area contributed by atoms with E-state index in [9.17, 15) is 9.59 Å². The van der Waals surface area contributed by atoms with Crippen LogP contribution in [0.1, 0.15) is 31.1 Å². The molecule has 7 nitrogen and oxygen atoms in total. The van der Waals surface area contributed by atoms with Gasteiger partial charge in [0.15, 0.2) is 0 Å². The lowest BCUT2D eigenvalue weighted by Crippen LogP contribution is -2.49. The summed E-state index contributed by atoms with van der Waals surface area (Å²) < 4.78 is 6.01. The Morgan fingerprint density at radius 3 is 2.92 bits per heavy atom. The van der Waals surface area contributed by atoms with Crippen LogP contribution in [0.25, 0.3) is 0 Å². The van der Waals surface area contributed by atoms with Gasteiger partial charge >= 0.3 is 6.03 Å². The summed E-state index contributed by atoms with van der Waals surface area (Å²) in [6, 6.07) is 3.36. The van der Waals surface area contributed by atoms with Crippen LogP contribution < -0.4 is 10.1 Å². The number of fused-ring (bicyclic) bond motifs is 1. The van der Waals surface area contributed by atoms with Crippen molar-refractivity contribution in [2.24, 2.45) is 5.92 Å². The van der Waals surface area contributed by atoms with Gasteiger partial charge in [-0.3, -0.25) is 4.79 Å². The highest BCUT2D eigenvalue weighted by Crippen LogP contribution is 2.24. The highest BCUT2D eigenvalue weighted by atomic mass is 16.5. The van der Waals surface area contributed by atoms with Gasteiger partial charge in [-0.25, -0.2) is 9.78 Å². The number of aromatic nitrogens is 1. The number of hydrogen-bond acceptors (Lipinski definition) is 4. The molecule has 1 aliphatic heterocycles. The van der Waals surface area contributed by atoms with Crippen molar-refractivity contribution in [3.8, 4) is 5.88 Å². The smallest absolute Gasteiger partial charge is 0.317 e. The first-order valence-electron chi connectivity index (χ1n) is 8.18. The molecule has 1 N–H and O–H groups in total. The van der Waals surface area contributed by atoms with Crippen molar-refractivity contribution in [2.75, 3.05) is 27.2 Å². The van der Waals surface area contributed by atoms with Gasteiger partial charge in [-0.2, -0.15) is 0 Å². The molecule has 1 aromatic rings. The number of likely N-dealkylation sites (N-methyl/N-ethyl adjacent to an activating group) is 1. The first-order valence-corrected chi connectivity index (χ1v) is 8.18. The number of urea groups is 1. The van der Waals surface area contributed by atoms with Crippen molar-refractivity contribution in [3.05, 3.63) is 23.9 Å². The van der Waals surface area contributed by atoms with Crippen LogP contribution in [0, 0.1) is 5.92 Å². The molecule has 1 aliphatic rings. The molecule has 1 aromatic heterocycles. The maximum atomic E-state index is 12.4. The van der Waals surface area contributed by atoms with E-state index in [1.54, 1.807) is 42.2 Å². The number of nitrogens with zero attached hydrogens (tertiary/aromatic N) is 3. The molecule has 0 fully saturated rings. The largest absolute Gasteiger partial charge is 0.472 e. The number of hydrogen-bond donors (Lipinski definition) is 1. The summed E-state index contributed by atoms with van der Waals surface area (Å²) in [5.74, 6) is 0.279. The molecule has 7 heteroatoms. The molecule has 0 unspecified atom stereocenters. The summed E-state index contributed by atoms with van der Waals surface area (Å²) in [6.45, 7) is 6.81. The predicted molar refractivity (Wildman–Crippen MR) is 91.1 cm³/mol. The summed E-state index contributed by atoms with van der Waals surface area (Å²) in [6.07, 6.45) is 1.35. The quantitative estimate of drug-likeness (QED) is 0.911. The Balaban J connectivity index is 2.19. The topological polar surface area (TPSA) is 74.8 Å². The Hall–Kier alpha value is -2.31. The summed E-state index contributed by atoms with van der Waals surface area (Å²) >= 11 is 0. The van der Waals surface area contributed by atoms with Crippen LogP contribution in [-0.2, 0) is 0 Å². The van der Waals surface area contributed by atoms with Crippen LogP contribution in [0.3, 0.4) is 0 Å². The Labute approximate surface area is 143 Å². The molecule has 2 rings (SSSR count). The van der Waals surface area contributed by atoms with Crippen molar-refractivity contribution >= 4 is 11.9 Å². The van der Waals surface area contributed by atoms with Gasteiger partial charge in [-0.05, 0) is 26.0 Å². The summed E-state index contributed by atoms with van der Waals surface area (Å²) in [4.78, 5) is 32.0. The standard InChI is InChI=1S/C17H26N4O3/c1-11(2)19-17(23)21(5)10-14-12(3)9-20(4)16(22)13-7-6-8-18-15(13)24-14/h6-8,11-12,14H,9-10H2,1-5H3,(H,19,23)/t12-,14-/m0/s1. The van der Waals surface area contributed by atoms with E-state index in [-0.39, 0.29) is 30.0 Å². The zero-order valence-electron chi connectivity index (χ0n) is 14.9. The normalized spacial score (nSPS) is 20.8. The molecule has 132 valence electrons. The summed E-state index contributed by atoms with van der Waals surface area (Å²) in [5, 5.41) is 2.86. The molecule has 3 amide bonds. The lowest BCUT2D eigenvalue weighted by atomic mass is 10.0. The fourth-order valence-corrected chi connectivity index (χ4v) is 2.67. The van der Waals surface area contributed by atoms with Gasteiger partial charge in [0, 0.05) is 38.8 Å². The van der Waals surface area contributed by atoms with E-state index in [0.29, 0.717) is 24.5 Å². The summed E-state index contributed by atoms with van der Waals surface area (Å²) in [7, 11) is 3.51. The van der Waals surface area contributed by atoms with Crippen LogP contribution in [-0.4, -0.2) is 66.1 Å². The van der Waals surface area contributed by atoms with E-state index >= 15 is 0 Å². The molecule has 0 aliphatic carbocycles. The Morgan fingerprint density at radius 2 is 2.25 bits per heavy atom. The molecule has 0 aromatic carbocycles. The van der Waals surface area contributed by atoms with Gasteiger partial charge < -0.3 is 19.9 Å². The minimum Gasteiger partial charge on any atom is -0.472 e. The maximum Gasteiger partial charge on any atom is 0.317 e. The second-order valence-electron chi connectivity index (χ2n) is 6.66. The van der Waals surface area contributed by atoms with Crippen LogP contribution in [0.5, 0.6) is 5.88 Å². The van der Waals surface area contributed by atoms with Gasteiger partial charge in [-0.15, -0.1) is 0 Å². The van der Waals surface area contributed by atoms with Crippen molar-refractivity contribution in [3.63, 3.8) is 0 Å². The van der Waals surface area contributed by atoms with Gasteiger partial charge in [0.2, 0.25) is 5.88 Å². The third-order valence-corrected chi connectivity index (χ3v) is 4.02. The van der Waals surface area contributed by atoms with E-state index in [2.05, 4.69) is 10.3 Å². The Bertz CT molecular complexity index is 605.